The summed E-state index contributed by atoms with van der Waals surface area (Å²) in [6.07, 6.45) is 1.29. The summed E-state index contributed by atoms with van der Waals surface area (Å²) in [4.78, 5) is 35.2. The van der Waals surface area contributed by atoms with Crippen molar-refractivity contribution < 1.29 is 39.5 Å². The minimum absolute atomic E-state index is 0.154. The summed E-state index contributed by atoms with van der Waals surface area (Å²) in [6.45, 7) is 4.11. The van der Waals surface area contributed by atoms with E-state index >= 15 is 0 Å². The number of nitrogens with one attached hydrogen (secondary N) is 4. The summed E-state index contributed by atoms with van der Waals surface area (Å²) in [7, 11) is 2.99. The normalized spacial score (nSPS) is 12.2. The molecule has 4 aromatic rings. The summed E-state index contributed by atoms with van der Waals surface area (Å²) in [5.74, 6) is 0.0494. The molecule has 2 heterocycles. The van der Waals surface area contributed by atoms with Crippen molar-refractivity contribution in [1.29, 1.82) is 0 Å². The summed E-state index contributed by atoms with van der Waals surface area (Å²) in [5, 5.41) is 49.0. The number of pyridine rings is 2. The Morgan fingerprint density at radius 2 is 1.10 bits per heavy atom. The summed E-state index contributed by atoms with van der Waals surface area (Å²) < 4.78 is 10.9. The first-order chi connectivity index (χ1) is 24.1. The maximum absolute atomic E-state index is 13.3. The van der Waals surface area contributed by atoms with Gasteiger partial charge in [0.1, 0.15) is 22.9 Å². The van der Waals surface area contributed by atoms with Crippen LogP contribution in [0.2, 0.25) is 0 Å². The van der Waals surface area contributed by atoms with Crippen LogP contribution in [-0.4, -0.2) is 94.9 Å². The van der Waals surface area contributed by atoms with Gasteiger partial charge in [0.15, 0.2) is 0 Å². The molecule has 50 heavy (non-hydrogen) atoms. The molecule has 0 radical (unpaired) electrons. The number of nitrogens with zero attached hydrogens (tertiary/aromatic N) is 2. The van der Waals surface area contributed by atoms with Crippen LogP contribution < -0.4 is 30.7 Å². The van der Waals surface area contributed by atoms with Crippen LogP contribution in [0.5, 0.6) is 11.5 Å². The number of amides is 2. The van der Waals surface area contributed by atoms with E-state index in [1.54, 1.807) is 24.3 Å². The number of carbonyl (C=O) groups excluding carboxylic acids is 2. The Labute approximate surface area is 290 Å². The SMILES string of the molecule is COc1cc(C(=O)Nc2cccc(-c3cccc(NC(=O)c4cc(OC)c(CNC[C@H](O)CO)cn4)c3C)c2C)ncc1CNC[C@H](O)CO. The van der Waals surface area contributed by atoms with Crippen molar-refractivity contribution in [2.75, 3.05) is 51.2 Å². The Bertz CT molecular complexity index is 1660. The molecule has 0 aliphatic heterocycles. The van der Waals surface area contributed by atoms with Crippen molar-refractivity contribution in [3.8, 4) is 22.6 Å². The van der Waals surface area contributed by atoms with E-state index in [2.05, 4.69) is 31.2 Å². The highest BCUT2D eigenvalue weighted by Crippen LogP contribution is 2.34. The van der Waals surface area contributed by atoms with Gasteiger partial charge in [0.25, 0.3) is 11.8 Å². The van der Waals surface area contributed by atoms with Gasteiger partial charge in [-0.1, -0.05) is 24.3 Å². The minimum atomic E-state index is -0.886. The standard InChI is InChI=1S/C36H44N6O8/c1-21-27(7-5-9-29(21)41-35(47)31-11-33(49-3)23(15-39-31)13-37-17-25(45)19-43)28-8-6-10-30(22(28)2)42-36(48)32-12-34(50-4)24(16-40-32)14-38-18-26(46)20-44/h5-12,15-16,25-26,37-38,43-46H,13-14,17-20H2,1-4H3,(H,41,47)(H,42,48)/t25-,26-/m0/s1. The van der Waals surface area contributed by atoms with Crippen LogP contribution >= 0.6 is 0 Å². The van der Waals surface area contributed by atoms with Gasteiger partial charge in [0.05, 0.1) is 39.6 Å². The summed E-state index contributed by atoms with van der Waals surface area (Å²) in [6, 6.07) is 14.2. The number of rotatable bonds is 17. The van der Waals surface area contributed by atoms with Crippen LogP contribution in [-0.2, 0) is 13.1 Å². The van der Waals surface area contributed by atoms with Crippen LogP contribution in [0.3, 0.4) is 0 Å². The predicted molar refractivity (Wildman–Crippen MR) is 188 cm³/mol. The Morgan fingerprint density at radius 1 is 0.700 bits per heavy atom. The fourth-order valence-electron chi connectivity index (χ4n) is 5.20. The fourth-order valence-corrected chi connectivity index (χ4v) is 5.20. The van der Waals surface area contributed by atoms with E-state index in [0.717, 1.165) is 22.3 Å². The molecule has 266 valence electrons. The highest BCUT2D eigenvalue weighted by molar-refractivity contribution is 6.05. The largest absolute Gasteiger partial charge is 0.496 e. The van der Waals surface area contributed by atoms with Crippen molar-refractivity contribution in [2.45, 2.75) is 39.1 Å². The van der Waals surface area contributed by atoms with Crippen molar-refractivity contribution in [3.63, 3.8) is 0 Å². The Kier molecular flexibility index (Phi) is 13.7. The fraction of sp³-hybridized carbons (Fsp3) is 0.333. The second kappa shape index (κ2) is 18.2. The van der Waals surface area contributed by atoms with E-state index < -0.39 is 24.0 Å². The zero-order chi connectivity index (χ0) is 36.2. The second-order valence-electron chi connectivity index (χ2n) is 11.6. The molecule has 14 nitrogen and oxygen atoms in total. The molecule has 2 aromatic carbocycles. The first-order valence-electron chi connectivity index (χ1n) is 16.0. The lowest BCUT2D eigenvalue weighted by Crippen LogP contribution is -2.29. The third-order valence-electron chi connectivity index (χ3n) is 8.06. The van der Waals surface area contributed by atoms with E-state index in [-0.39, 0.29) is 37.7 Å². The molecule has 2 atom stereocenters. The van der Waals surface area contributed by atoms with Crippen LogP contribution in [0.1, 0.15) is 43.2 Å². The maximum Gasteiger partial charge on any atom is 0.274 e. The third kappa shape index (κ3) is 9.59. The van der Waals surface area contributed by atoms with Gasteiger partial charge in [0, 0.05) is 73.2 Å². The molecule has 0 unspecified atom stereocenters. The highest BCUT2D eigenvalue weighted by atomic mass is 16.5. The van der Waals surface area contributed by atoms with Crippen molar-refractivity contribution >= 4 is 23.2 Å². The first-order valence-corrected chi connectivity index (χ1v) is 16.0. The number of aliphatic hydroxyl groups excluding tert-OH is 4. The molecule has 0 fully saturated rings. The van der Waals surface area contributed by atoms with E-state index in [1.807, 2.05) is 38.1 Å². The number of hydrogen-bond acceptors (Lipinski definition) is 12. The number of aliphatic hydroxyl groups is 4. The number of carbonyl (C=O) groups is 2. The average molecular weight is 689 g/mol. The lowest BCUT2D eigenvalue weighted by molar-refractivity contribution is 0.0941. The van der Waals surface area contributed by atoms with Crippen LogP contribution in [0.4, 0.5) is 11.4 Å². The van der Waals surface area contributed by atoms with Gasteiger partial charge < -0.3 is 51.2 Å². The molecular weight excluding hydrogens is 644 g/mol. The van der Waals surface area contributed by atoms with E-state index in [4.69, 9.17) is 19.7 Å². The molecule has 14 heteroatoms. The van der Waals surface area contributed by atoms with Crippen molar-refractivity contribution in [1.82, 2.24) is 20.6 Å². The van der Waals surface area contributed by atoms with Crippen LogP contribution in [0, 0.1) is 13.8 Å². The molecule has 0 spiro atoms. The van der Waals surface area contributed by atoms with Crippen LogP contribution in [0.25, 0.3) is 11.1 Å². The molecule has 0 aliphatic rings. The lowest BCUT2D eigenvalue weighted by atomic mass is 9.94. The van der Waals surface area contributed by atoms with Gasteiger partial charge in [-0.05, 0) is 48.2 Å². The van der Waals surface area contributed by atoms with Gasteiger partial charge in [-0.25, -0.2) is 0 Å². The highest BCUT2D eigenvalue weighted by Gasteiger charge is 2.18. The number of ether oxygens (including phenoxy) is 2. The van der Waals surface area contributed by atoms with Crippen molar-refractivity contribution in [2.24, 2.45) is 0 Å². The number of hydrogen-bond donors (Lipinski definition) is 8. The van der Waals surface area contributed by atoms with Crippen LogP contribution in [0.15, 0.2) is 60.9 Å². The molecule has 4 rings (SSSR count). The lowest BCUT2D eigenvalue weighted by Gasteiger charge is -2.17. The Morgan fingerprint density at radius 3 is 1.46 bits per heavy atom. The maximum atomic E-state index is 13.3. The van der Waals surface area contributed by atoms with E-state index in [0.29, 0.717) is 47.1 Å². The predicted octanol–water partition coefficient (Wildman–Crippen LogP) is 2.17. The third-order valence-corrected chi connectivity index (χ3v) is 8.06. The zero-order valence-corrected chi connectivity index (χ0v) is 28.5. The first kappa shape index (κ1) is 37.9. The van der Waals surface area contributed by atoms with Gasteiger partial charge in [-0.3, -0.25) is 19.6 Å². The Hall–Kier alpha value is -4.96. The molecule has 0 aliphatic carbocycles. The molecule has 2 aromatic heterocycles. The van der Waals surface area contributed by atoms with Gasteiger partial charge in [-0.2, -0.15) is 0 Å². The molecular formula is C36H44N6O8. The Balaban J connectivity index is 1.49. The number of benzene rings is 2. The van der Waals surface area contributed by atoms with E-state index in [9.17, 15) is 19.8 Å². The average Bonchev–Trinajstić information content (AvgIpc) is 3.13. The smallest absolute Gasteiger partial charge is 0.274 e. The van der Waals surface area contributed by atoms with E-state index in [1.165, 1.54) is 26.6 Å². The number of anilines is 2. The molecule has 0 saturated carbocycles. The van der Waals surface area contributed by atoms with Crippen molar-refractivity contribution in [3.05, 3.63) is 94.6 Å². The molecule has 2 amide bonds. The topological polar surface area (TPSA) is 207 Å². The second-order valence-corrected chi connectivity index (χ2v) is 11.6. The zero-order valence-electron chi connectivity index (χ0n) is 28.5. The van der Waals surface area contributed by atoms with Gasteiger partial charge in [0.2, 0.25) is 0 Å². The minimum Gasteiger partial charge on any atom is -0.496 e. The number of methoxy groups -OCH3 is 2. The van der Waals surface area contributed by atoms with Gasteiger partial charge in [-0.15, -0.1) is 0 Å². The quantitative estimate of drug-likeness (QED) is 0.0804. The number of aromatic nitrogens is 2. The molecule has 0 bridgehead atoms. The molecule has 8 N–H and O–H groups in total. The molecule has 0 saturated heterocycles. The summed E-state index contributed by atoms with van der Waals surface area (Å²) in [5.41, 5.74) is 6.19. The summed E-state index contributed by atoms with van der Waals surface area (Å²) >= 11 is 0. The monoisotopic (exact) mass is 688 g/mol. The van der Waals surface area contributed by atoms with Gasteiger partial charge >= 0.3 is 0 Å².